The average Bonchev–Trinajstić information content (AvgIpc) is 3.40. The van der Waals surface area contributed by atoms with Crippen LogP contribution >= 0.6 is 22.9 Å². The summed E-state index contributed by atoms with van der Waals surface area (Å²) in [4.78, 5) is 21.3. The lowest BCUT2D eigenvalue weighted by molar-refractivity contribution is 0.102. The highest BCUT2D eigenvalue weighted by Crippen LogP contribution is 2.34. The number of anilines is 1. The zero-order valence-corrected chi connectivity index (χ0v) is 19.1. The second kappa shape index (κ2) is 9.76. The van der Waals surface area contributed by atoms with Crippen LogP contribution in [0, 0.1) is 12.8 Å². The SMILES string of the molecule is COc1cnc(Cl)cc1-c1cc(C)ncc1C(=O)Nc1nnc(OC[C@@H]2CC[C@H](O)C2)s1. The van der Waals surface area contributed by atoms with Crippen molar-refractivity contribution in [3.8, 4) is 22.1 Å². The van der Waals surface area contributed by atoms with Crippen molar-refractivity contribution >= 4 is 34.0 Å². The van der Waals surface area contributed by atoms with Gasteiger partial charge in [0.2, 0.25) is 5.13 Å². The molecular formula is C21H22ClN5O4S. The van der Waals surface area contributed by atoms with Crippen LogP contribution in [0.4, 0.5) is 5.13 Å². The largest absolute Gasteiger partial charge is 0.494 e. The Balaban J connectivity index is 1.51. The molecule has 32 heavy (non-hydrogen) atoms. The van der Waals surface area contributed by atoms with Gasteiger partial charge in [-0.2, -0.15) is 0 Å². The molecule has 1 fully saturated rings. The van der Waals surface area contributed by atoms with Crippen LogP contribution in [0.5, 0.6) is 10.9 Å². The van der Waals surface area contributed by atoms with Crippen molar-refractivity contribution in [1.82, 2.24) is 20.2 Å². The van der Waals surface area contributed by atoms with Crippen molar-refractivity contribution in [2.24, 2.45) is 5.92 Å². The highest BCUT2D eigenvalue weighted by Gasteiger charge is 2.24. The molecule has 0 radical (unpaired) electrons. The van der Waals surface area contributed by atoms with Gasteiger partial charge >= 0.3 is 0 Å². The standard InChI is InChI=1S/C21H22ClN5O4S/c1-11-5-14(15-7-18(22)24-9-17(15)30-2)16(8-23-11)19(29)25-20-26-27-21(32-20)31-10-12-3-4-13(28)6-12/h5,7-9,12-13,28H,3-4,6,10H2,1-2H3,(H,25,26,29)/t12-,13+/m1/s1. The molecule has 1 aliphatic rings. The van der Waals surface area contributed by atoms with E-state index in [0.717, 1.165) is 36.3 Å². The van der Waals surface area contributed by atoms with Crippen molar-refractivity contribution in [2.45, 2.75) is 32.3 Å². The van der Waals surface area contributed by atoms with E-state index in [0.29, 0.717) is 45.3 Å². The smallest absolute Gasteiger partial charge is 0.295 e. The maximum absolute atomic E-state index is 13.0. The number of aliphatic hydroxyl groups is 1. The highest BCUT2D eigenvalue weighted by atomic mass is 35.5. The first-order valence-electron chi connectivity index (χ1n) is 10.0. The number of rotatable bonds is 7. The number of amides is 1. The van der Waals surface area contributed by atoms with Gasteiger partial charge in [0.15, 0.2) is 0 Å². The zero-order chi connectivity index (χ0) is 22.7. The topological polar surface area (TPSA) is 119 Å². The second-order valence-electron chi connectivity index (χ2n) is 7.55. The molecule has 0 spiro atoms. The lowest BCUT2D eigenvalue weighted by atomic mass is 10.0. The van der Waals surface area contributed by atoms with Crippen LogP contribution in [-0.4, -0.2) is 51.0 Å². The molecule has 4 rings (SSSR count). The number of aliphatic hydroxyl groups excluding tert-OH is 1. The fourth-order valence-corrected chi connectivity index (χ4v) is 4.38. The van der Waals surface area contributed by atoms with Crippen LogP contribution in [0.2, 0.25) is 5.15 Å². The van der Waals surface area contributed by atoms with Gasteiger partial charge in [0.25, 0.3) is 11.1 Å². The van der Waals surface area contributed by atoms with Crippen molar-refractivity contribution in [2.75, 3.05) is 19.0 Å². The molecule has 9 nitrogen and oxygen atoms in total. The molecule has 168 valence electrons. The van der Waals surface area contributed by atoms with Crippen LogP contribution < -0.4 is 14.8 Å². The van der Waals surface area contributed by atoms with Gasteiger partial charge in [-0.1, -0.05) is 16.7 Å². The molecule has 1 aliphatic carbocycles. The number of hydrogen-bond acceptors (Lipinski definition) is 9. The van der Waals surface area contributed by atoms with E-state index in [-0.39, 0.29) is 11.3 Å². The Bertz CT molecular complexity index is 1130. The van der Waals surface area contributed by atoms with Gasteiger partial charge in [-0.3, -0.25) is 15.1 Å². The summed E-state index contributed by atoms with van der Waals surface area (Å²) < 4.78 is 11.1. The quantitative estimate of drug-likeness (QED) is 0.496. The summed E-state index contributed by atoms with van der Waals surface area (Å²) >= 11 is 7.23. The Morgan fingerprint density at radius 3 is 2.84 bits per heavy atom. The molecule has 0 bridgehead atoms. The third-order valence-electron chi connectivity index (χ3n) is 5.21. The predicted octanol–water partition coefficient (Wildman–Crippen LogP) is 3.76. The van der Waals surface area contributed by atoms with E-state index in [1.807, 2.05) is 6.92 Å². The van der Waals surface area contributed by atoms with Crippen molar-refractivity contribution in [1.29, 1.82) is 0 Å². The van der Waals surface area contributed by atoms with Gasteiger partial charge in [0.1, 0.15) is 10.9 Å². The molecule has 3 aromatic rings. The number of carbonyl (C=O) groups is 1. The monoisotopic (exact) mass is 475 g/mol. The minimum atomic E-state index is -0.399. The number of nitrogens with zero attached hydrogens (tertiary/aromatic N) is 4. The maximum atomic E-state index is 13.0. The predicted molar refractivity (Wildman–Crippen MR) is 120 cm³/mol. The van der Waals surface area contributed by atoms with Crippen LogP contribution in [0.3, 0.4) is 0 Å². The van der Waals surface area contributed by atoms with Gasteiger partial charge in [0, 0.05) is 23.0 Å². The first kappa shape index (κ1) is 22.4. The van der Waals surface area contributed by atoms with Crippen molar-refractivity contribution < 1.29 is 19.4 Å². The van der Waals surface area contributed by atoms with Gasteiger partial charge in [0.05, 0.1) is 31.6 Å². The van der Waals surface area contributed by atoms with E-state index in [9.17, 15) is 9.90 Å². The Morgan fingerprint density at radius 1 is 1.25 bits per heavy atom. The van der Waals surface area contributed by atoms with E-state index >= 15 is 0 Å². The van der Waals surface area contributed by atoms with E-state index in [4.69, 9.17) is 21.1 Å². The van der Waals surface area contributed by atoms with Crippen molar-refractivity contribution in [3.05, 3.63) is 40.9 Å². The van der Waals surface area contributed by atoms with Crippen LogP contribution in [-0.2, 0) is 0 Å². The minimum absolute atomic E-state index is 0.251. The zero-order valence-electron chi connectivity index (χ0n) is 17.5. The number of ether oxygens (including phenoxy) is 2. The molecule has 0 aliphatic heterocycles. The normalized spacial score (nSPS) is 17.9. The fourth-order valence-electron chi connectivity index (χ4n) is 3.63. The summed E-state index contributed by atoms with van der Waals surface area (Å²) in [6.07, 6.45) is 5.21. The van der Waals surface area contributed by atoms with Gasteiger partial charge in [-0.15, -0.1) is 5.10 Å². The van der Waals surface area contributed by atoms with Crippen LogP contribution in [0.15, 0.2) is 24.5 Å². The summed E-state index contributed by atoms with van der Waals surface area (Å²) in [6.45, 7) is 2.30. The molecular weight excluding hydrogens is 454 g/mol. The number of carbonyl (C=O) groups excluding carboxylic acids is 1. The lowest BCUT2D eigenvalue weighted by Crippen LogP contribution is -2.14. The van der Waals surface area contributed by atoms with E-state index < -0.39 is 5.91 Å². The van der Waals surface area contributed by atoms with Gasteiger partial charge in [-0.05, 0) is 55.6 Å². The Morgan fingerprint density at radius 2 is 2.09 bits per heavy atom. The molecule has 0 aromatic carbocycles. The molecule has 3 aromatic heterocycles. The van der Waals surface area contributed by atoms with Crippen molar-refractivity contribution in [3.63, 3.8) is 0 Å². The van der Waals surface area contributed by atoms with Gasteiger partial charge in [-0.25, -0.2) is 4.98 Å². The first-order valence-corrected chi connectivity index (χ1v) is 11.2. The summed E-state index contributed by atoms with van der Waals surface area (Å²) in [7, 11) is 1.53. The summed E-state index contributed by atoms with van der Waals surface area (Å²) in [5.74, 6) is 0.386. The average molecular weight is 476 g/mol. The third-order valence-corrected chi connectivity index (χ3v) is 6.17. The summed E-state index contributed by atoms with van der Waals surface area (Å²) in [5.41, 5.74) is 2.30. The summed E-state index contributed by atoms with van der Waals surface area (Å²) in [5, 5.41) is 21.3. The third kappa shape index (κ3) is 5.14. The second-order valence-corrected chi connectivity index (χ2v) is 8.88. The van der Waals surface area contributed by atoms with Crippen LogP contribution in [0.1, 0.15) is 35.3 Å². The van der Waals surface area contributed by atoms with Crippen LogP contribution in [0.25, 0.3) is 11.1 Å². The Kier molecular flexibility index (Phi) is 6.83. The first-order chi connectivity index (χ1) is 15.4. The maximum Gasteiger partial charge on any atom is 0.295 e. The number of aromatic nitrogens is 4. The van der Waals surface area contributed by atoms with E-state index in [2.05, 4.69) is 25.5 Å². The molecule has 3 heterocycles. The number of hydrogen-bond donors (Lipinski definition) is 2. The lowest BCUT2D eigenvalue weighted by Gasteiger charge is -2.13. The van der Waals surface area contributed by atoms with Gasteiger partial charge < -0.3 is 14.6 Å². The number of methoxy groups -OCH3 is 1. The highest BCUT2D eigenvalue weighted by molar-refractivity contribution is 7.17. The van der Waals surface area contributed by atoms with E-state index in [1.165, 1.54) is 19.5 Å². The molecule has 11 heteroatoms. The number of aryl methyl sites for hydroxylation is 1. The Hall–Kier alpha value is -2.82. The fraction of sp³-hybridized carbons (Fsp3) is 0.381. The molecule has 2 N–H and O–H groups in total. The van der Waals surface area contributed by atoms with E-state index in [1.54, 1.807) is 12.1 Å². The molecule has 1 saturated carbocycles. The molecule has 2 atom stereocenters. The summed E-state index contributed by atoms with van der Waals surface area (Å²) in [6, 6.07) is 3.43. The number of pyridine rings is 2. The number of nitrogens with one attached hydrogen (secondary N) is 1. The minimum Gasteiger partial charge on any atom is -0.494 e. The molecule has 0 unspecified atom stereocenters. The number of halogens is 1. The molecule has 0 saturated heterocycles. The molecule has 1 amide bonds. The Labute approximate surface area is 193 Å².